The second-order valence-corrected chi connectivity index (χ2v) is 9.43. The number of sulfonamides is 1. The molecular formula is C19H22N2O3S2. The fourth-order valence-electron chi connectivity index (χ4n) is 3.03. The van der Waals surface area contributed by atoms with Gasteiger partial charge < -0.3 is 4.90 Å². The van der Waals surface area contributed by atoms with Gasteiger partial charge in [-0.25, -0.2) is 12.7 Å². The van der Waals surface area contributed by atoms with Crippen molar-refractivity contribution in [3.8, 4) is 0 Å². The van der Waals surface area contributed by atoms with Crippen molar-refractivity contribution in [2.24, 2.45) is 0 Å². The molecule has 0 radical (unpaired) electrons. The number of carbonyl (C=O) groups is 1. The SMILES string of the molecule is CSCc1ccc(C(=O)N2CCc3cc(S(=O)(=O)N(C)C)ccc32)cc1. The standard InChI is InChI=1S/C19H22N2O3S2/c1-20(2)26(23,24)17-8-9-18-16(12-17)10-11-21(18)19(22)15-6-4-14(5-7-15)13-25-3/h4-9,12H,10-11,13H2,1-3H3. The largest absolute Gasteiger partial charge is 0.308 e. The van der Waals surface area contributed by atoms with Gasteiger partial charge in [-0.05, 0) is 54.1 Å². The van der Waals surface area contributed by atoms with Gasteiger partial charge in [0, 0.05) is 37.6 Å². The third-order valence-corrected chi connectivity index (χ3v) is 6.92. The molecule has 0 atom stereocenters. The van der Waals surface area contributed by atoms with Gasteiger partial charge in [0.1, 0.15) is 0 Å². The zero-order valence-corrected chi connectivity index (χ0v) is 16.7. The molecule has 3 rings (SSSR count). The van der Waals surface area contributed by atoms with E-state index < -0.39 is 10.0 Å². The van der Waals surface area contributed by atoms with Crippen molar-refractivity contribution < 1.29 is 13.2 Å². The van der Waals surface area contributed by atoms with E-state index in [9.17, 15) is 13.2 Å². The lowest BCUT2D eigenvalue weighted by atomic mass is 10.1. The molecule has 138 valence electrons. The fourth-order valence-corrected chi connectivity index (χ4v) is 4.51. The molecule has 7 heteroatoms. The van der Waals surface area contributed by atoms with Crippen molar-refractivity contribution in [1.82, 2.24) is 4.31 Å². The van der Waals surface area contributed by atoms with Crippen LogP contribution in [0.2, 0.25) is 0 Å². The predicted octanol–water partition coefficient (Wildman–Crippen LogP) is 3.00. The highest BCUT2D eigenvalue weighted by atomic mass is 32.2. The van der Waals surface area contributed by atoms with Crippen LogP contribution in [0.1, 0.15) is 21.5 Å². The van der Waals surface area contributed by atoms with Crippen LogP contribution in [0.3, 0.4) is 0 Å². The molecule has 5 nitrogen and oxygen atoms in total. The van der Waals surface area contributed by atoms with E-state index in [4.69, 9.17) is 0 Å². The van der Waals surface area contributed by atoms with Gasteiger partial charge in [0.2, 0.25) is 10.0 Å². The highest BCUT2D eigenvalue weighted by Gasteiger charge is 2.28. The van der Waals surface area contributed by atoms with Gasteiger partial charge >= 0.3 is 0 Å². The molecule has 26 heavy (non-hydrogen) atoms. The Bertz CT molecular complexity index is 922. The minimum Gasteiger partial charge on any atom is -0.308 e. The Morgan fingerprint density at radius 3 is 2.46 bits per heavy atom. The van der Waals surface area contributed by atoms with Gasteiger partial charge in [0.25, 0.3) is 5.91 Å². The summed E-state index contributed by atoms with van der Waals surface area (Å²) in [6.07, 6.45) is 2.70. The van der Waals surface area contributed by atoms with Crippen LogP contribution in [0.5, 0.6) is 0 Å². The Morgan fingerprint density at radius 1 is 1.15 bits per heavy atom. The maximum Gasteiger partial charge on any atom is 0.258 e. The molecule has 0 bridgehead atoms. The summed E-state index contributed by atoms with van der Waals surface area (Å²) in [6, 6.07) is 12.7. The Hall–Kier alpha value is -1.83. The third kappa shape index (κ3) is 3.51. The number of hydrogen-bond donors (Lipinski definition) is 0. The molecule has 1 aliphatic heterocycles. The summed E-state index contributed by atoms with van der Waals surface area (Å²) in [5.41, 5.74) is 3.52. The lowest BCUT2D eigenvalue weighted by molar-refractivity contribution is 0.0989. The highest BCUT2D eigenvalue weighted by molar-refractivity contribution is 7.97. The number of amides is 1. The van der Waals surface area contributed by atoms with Gasteiger partial charge in [-0.15, -0.1) is 0 Å². The summed E-state index contributed by atoms with van der Waals surface area (Å²) in [6.45, 7) is 0.562. The van der Waals surface area contributed by atoms with Crippen LogP contribution < -0.4 is 4.90 Å². The van der Waals surface area contributed by atoms with Crippen molar-refractivity contribution in [1.29, 1.82) is 0 Å². The molecule has 2 aromatic rings. The van der Waals surface area contributed by atoms with Crippen molar-refractivity contribution in [3.63, 3.8) is 0 Å². The van der Waals surface area contributed by atoms with Crippen molar-refractivity contribution in [2.45, 2.75) is 17.1 Å². The van der Waals surface area contributed by atoms with Crippen molar-refractivity contribution in [2.75, 3.05) is 31.8 Å². The number of anilines is 1. The first-order valence-corrected chi connectivity index (χ1v) is 11.1. The molecule has 0 unspecified atom stereocenters. The summed E-state index contributed by atoms with van der Waals surface area (Å²) in [4.78, 5) is 14.9. The van der Waals surface area contributed by atoms with Crippen LogP contribution in [0, 0.1) is 0 Å². The third-order valence-electron chi connectivity index (χ3n) is 4.48. The fraction of sp³-hybridized carbons (Fsp3) is 0.316. The average Bonchev–Trinajstić information content (AvgIpc) is 3.05. The molecule has 1 amide bonds. The second kappa shape index (κ2) is 7.42. The number of carbonyl (C=O) groups excluding carboxylic acids is 1. The highest BCUT2D eigenvalue weighted by Crippen LogP contribution is 2.32. The van der Waals surface area contributed by atoms with Gasteiger partial charge in [-0.3, -0.25) is 4.79 Å². The predicted molar refractivity (Wildman–Crippen MR) is 106 cm³/mol. The van der Waals surface area contributed by atoms with E-state index >= 15 is 0 Å². The Morgan fingerprint density at radius 2 is 1.85 bits per heavy atom. The molecule has 1 aliphatic rings. The van der Waals surface area contributed by atoms with Gasteiger partial charge in [0.05, 0.1) is 4.90 Å². The Balaban J connectivity index is 1.86. The molecule has 0 fully saturated rings. The summed E-state index contributed by atoms with van der Waals surface area (Å²) in [5, 5.41) is 0. The molecule has 0 N–H and O–H groups in total. The van der Waals surface area contributed by atoms with Crippen LogP contribution in [0.4, 0.5) is 5.69 Å². The van der Waals surface area contributed by atoms with E-state index in [0.717, 1.165) is 17.0 Å². The molecule has 0 saturated carbocycles. The second-order valence-electron chi connectivity index (χ2n) is 6.41. The van der Waals surface area contributed by atoms with Crippen LogP contribution in [-0.2, 0) is 22.2 Å². The van der Waals surface area contributed by atoms with E-state index in [1.165, 1.54) is 24.0 Å². The van der Waals surface area contributed by atoms with E-state index in [2.05, 4.69) is 0 Å². The molecular weight excluding hydrogens is 368 g/mol. The summed E-state index contributed by atoms with van der Waals surface area (Å²) in [7, 11) is -0.445. The quantitative estimate of drug-likeness (QED) is 0.788. The molecule has 0 saturated heterocycles. The minimum atomic E-state index is -3.47. The number of rotatable bonds is 5. The summed E-state index contributed by atoms with van der Waals surface area (Å²) >= 11 is 1.74. The number of hydrogen-bond acceptors (Lipinski definition) is 4. The zero-order chi connectivity index (χ0) is 18.9. The lowest BCUT2D eigenvalue weighted by Crippen LogP contribution is -2.28. The minimum absolute atomic E-state index is 0.0531. The summed E-state index contributed by atoms with van der Waals surface area (Å²) in [5.74, 6) is 0.868. The van der Waals surface area contributed by atoms with Crippen LogP contribution in [0.15, 0.2) is 47.4 Å². The van der Waals surface area contributed by atoms with E-state index in [1.807, 2.05) is 30.5 Å². The van der Waals surface area contributed by atoms with E-state index in [0.29, 0.717) is 18.5 Å². The normalized spacial score (nSPS) is 13.9. The first-order chi connectivity index (χ1) is 12.3. The molecule has 0 aromatic heterocycles. The molecule has 2 aromatic carbocycles. The van der Waals surface area contributed by atoms with Crippen LogP contribution in [-0.4, -0.2) is 45.5 Å². The number of nitrogens with zero attached hydrogens (tertiary/aromatic N) is 2. The van der Waals surface area contributed by atoms with Crippen LogP contribution in [0.25, 0.3) is 0 Å². The average molecular weight is 391 g/mol. The maximum absolute atomic E-state index is 12.9. The van der Waals surface area contributed by atoms with Crippen LogP contribution >= 0.6 is 11.8 Å². The number of benzene rings is 2. The Kier molecular flexibility index (Phi) is 5.41. The van der Waals surface area contributed by atoms with E-state index in [1.54, 1.807) is 34.9 Å². The van der Waals surface area contributed by atoms with Gasteiger partial charge in [0.15, 0.2) is 0 Å². The summed E-state index contributed by atoms with van der Waals surface area (Å²) < 4.78 is 25.8. The molecule has 0 spiro atoms. The molecule has 1 heterocycles. The number of thioether (sulfide) groups is 1. The lowest BCUT2D eigenvalue weighted by Gasteiger charge is -2.18. The first-order valence-electron chi connectivity index (χ1n) is 8.30. The van der Waals surface area contributed by atoms with E-state index in [-0.39, 0.29) is 10.8 Å². The van der Waals surface area contributed by atoms with Crippen molar-refractivity contribution >= 4 is 33.4 Å². The van der Waals surface area contributed by atoms with Gasteiger partial charge in [-0.2, -0.15) is 11.8 Å². The molecule has 0 aliphatic carbocycles. The zero-order valence-electron chi connectivity index (χ0n) is 15.1. The smallest absolute Gasteiger partial charge is 0.258 e. The Labute approximate surface area is 159 Å². The number of fused-ring (bicyclic) bond motifs is 1. The monoisotopic (exact) mass is 390 g/mol. The van der Waals surface area contributed by atoms with Crippen molar-refractivity contribution in [3.05, 3.63) is 59.2 Å². The topological polar surface area (TPSA) is 57.7 Å². The van der Waals surface area contributed by atoms with Gasteiger partial charge in [-0.1, -0.05) is 12.1 Å². The maximum atomic E-state index is 12.9. The first kappa shape index (κ1) is 18.9.